The van der Waals surface area contributed by atoms with Crippen LogP contribution in [0.5, 0.6) is 0 Å². The Balaban J connectivity index is 2.14. The maximum Gasteiger partial charge on any atom is 0.326 e. The molecule has 0 radical (unpaired) electrons. The van der Waals surface area contributed by atoms with E-state index in [1.807, 2.05) is 0 Å². The number of nitro benzene ring substituents is 1. The fraction of sp³-hybridized carbons (Fsp3) is 0.211. The Morgan fingerprint density at radius 2 is 2.07 bits per heavy atom. The van der Waals surface area contributed by atoms with Crippen LogP contribution in [0.3, 0.4) is 0 Å². The second kappa shape index (κ2) is 8.31. The summed E-state index contributed by atoms with van der Waals surface area (Å²) in [6.45, 7) is 3.12. The average Bonchev–Trinajstić information content (AvgIpc) is 2.97. The SMILES string of the molecule is CCOC(=O)Cn1c(=NC(=O)c2cccc([N+](=O)[O-])c2C)sc2cc(F)ccc21. The molecule has 0 bridgehead atoms. The number of fused-ring (bicyclic) bond motifs is 1. The minimum Gasteiger partial charge on any atom is -0.465 e. The molecule has 3 rings (SSSR count). The number of esters is 1. The Labute approximate surface area is 168 Å². The van der Waals surface area contributed by atoms with E-state index >= 15 is 0 Å². The Hall–Kier alpha value is -3.40. The molecule has 0 atom stereocenters. The van der Waals surface area contributed by atoms with Gasteiger partial charge in [0, 0.05) is 11.6 Å². The summed E-state index contributed by atoms with van der Waals surface area (Å²) in [7, 11) is 0. The fourth-order valence-corrected chi connectivity index (χ4v) is 3.87. The van der Waals surface area contributed by atoms with E-state index in [1.54, 1.807) is 6.92 Å². The van der Waals surface area contributed by atoms with Crippen molar-refractivity contribution in [3.63, 3.8) is 0 Å². The third-order valence-electron chi connectivity index (χ3n) is 4.17. The van der Waals surface area contributed by atoms with Gasteiger partial charge in [-0.2, -0.15) is 4.99 Å². The Morgan fingerprint density at radius 3 is 2.76 bits per heavy atom. The van der Waals surface area contributed by atoms with E-state index in [-0.39, 0.29) is 34.8 Å². The predicted octanol–water partition coefficient (Wildman–Crippen LogP) is 3.36. The summed E-state index contributed by atoms with van der Waals surface area (Å²) >= 11 is 1.03. The maximum absolute atomic E-state index is 13.6. The minimum atomic E-state index is -0.698. The number of benzene rings is 2. The van der Waals surface area contributed by atoms with Crippen LogP contribution in [0.25, 0.3) is 10.2 Å². The van der Waals surface area contributed by atoms with E-state index in [2.05, 4.69) is 4.99 Å². The van der Waals surface area contributed by atoms with Crippen LogP contribution in [-0.2, 0) is 16.1 Å². The first-order chi connectivity index (χ1) is 13.8. The van der Waals surface area contributed by atoms with Gasteiger partial charge in [-0.05, 0) is 38.1 Å². The number of nitro groups is 1. The van der Waals surface area contributed by atoms with Crippen molar-refractivity contribution in [3.05, 3.63) is 68.3 Å². The molecule has 1 heterocycles. The number of hydrogen-bond donors (Lipinski definition) is 0. The van der Waals surface area contributed by atoms with E-state index in [4.69, 9.17) is 4.74 Å². The molecular weight excluding hydrogens is 401 g/mol. The average molecular weight is 417 g/mol. The summed E-state index contributed by atoms with van der Waals surface area (Å²) in [4.78, 5) is 39.5. The van der Waals surface area contributed by atoms with Gasteiger partial charge >= 0.3 is 5.97 Å². The lowest BCUT2D eigenvalue weighted by Crippen LogP contribution is -2.23. The zero-order valence-corrected chi connectivity index (χ0v) is 16.4. The molecule has 0 fully saturated rings. The molecule has 0 aliphatic carbocycles. The summed E-state index contributed by atoms with van der Waals surface area (Å²) in [6, 6.07) is 8.16. The van der Waals surface area contributed by atoms with Crippen LogP contribution >= 0.6 is 11.3 Å². The van der Waals surface area contributed by atoms with Crippen LogP contribution in [0.15, 0.2) is 41.4 Å². The summed E-state index contributed by atoms with van der Waals surface area (Å²) < 4.78 is 20.5. The van der Waals surface area contributed by atoms with Gasteiger partial charge in [-0.15, -0.1) is 0 Å². The smallest absolute Gasteiger partial charge is 0.326 e. The Morgan fingerprint density at radius 1 is 1.31 bits per heavy atom. The number of ether oxygens (including phenoxy) is 1. The largest absolute Gasteiger partial charge is 0.465 e. The van der Waals surface area contributed by atoms with Gasteiger partial charge in [0.2, 0.25) is 0 Å². The molecule has 0 aliphatic rings. The molecule has 8 nitrogen and oxygen atoms in total. The molecule has 0 saturated heterocycles. The van der Waals surface area contributed by atoms with Gasteiger partial charge in [0.25, 0.3) is 11.6 Å². The number of amides is 1. The van der Waals surface area contributed by atoms with Gasteiger partial charge in [0.1, 0.15) is 12.4 Å². The molecule has 0 unspecified atom stereocenters. The van der Waals surface area contributed by atoms with Crippen molar-refractivity contribution >= 4 is 39.1 Å². The predicted molar refractivity (Wildman–Crippen MR) is 104 cm³/mol. The summed E-state index contributed by atoms with van der Waals surface area (Å²) in [5.41, 5.74) is 0.594. The first-order valence-corrected chi connectivity index (χ1v) is 9.41. The van der Waals surface area contributed by atoms with E-state index in [0.29, 0.717) is 10.2 Å². The summed E-state index contributed by atoms with van der Waals surface area (Å²) in [6.07, 6.45) is 0. The molecule has 1 amide bonds. The number of hydrogen-bond acceptors (Lipinski definition) is 6. The molecule has 0 spiro atoms. The van der Waals surface area contributed by atoms with Gasteiger partial charge in [-0.25, -0.2) is 4.39 Å². The molecule has 29 heavy (non-hydrogen) atoms. The second-order valence-corrected chi connectivity index (χ2v) is 7.02. The molecule has 0 N–H and O–H groups in total. The molecule has 150 valence electrons. The number of carbonyl (C=O) groups is 2. The molecule has 1 aromatic heterocycles. The van der Waals surface area contributed by atoms with E-state index < -0.39 is 22.6 Å². The van der Waals surface area contributed by atoms with Crippen molar-refractivity contribution in [3.8, 4) is 0 Å². The number of aromatic nitrogens is 1. The van der Waals surface area contributed by atoms with E-state index in [9.17, 15) is 24.1 Å². The molecule has 0 saturated carbocycles. The van der Waals surface area contributed by atoms with Crippen LogP contribution in [-0.4, -0.2) is 28.0 Å². The number of rotatable bonds is 5. The van der Waals surface area contributed by atoms with E-state index in [1.165, 1.54) is 47.9 Å². The lowest BCUT2D eigenvalue weighted by molar-refractivity contribution is -0.385. The lowest BCUT2D eigenvalue weighted by Gasteiger charge is -2.05. The highest BCUT2D eigenvalue weighted by Gasteiger charge is 2.19. The van der Waals surface area contributed by atoms with Crippen LogP contribution < -0.4 is 4.80 Å². The fourth-order valence-electron chi connectivity index (χ4n) is 2.82. The van der Waals surface area contributed by atoms with Gasteiger partial charge in [-0.1, -0.05) is 17.4 Å². The van der Waals surface area contributed by atoms with Gasteiger partial charge < -0.3 is 9.30 Å². The van der Waals surface area contributed by atoms with Crippen molar-refractivity contribution < 1.29 is 23.6 Å². The van der Waals surface area contributed by atoms with Crippen molar-refractivity contribution in [2.75, 3.05) is 6.61 Å². The van der Waals surface area contributed by atoms with Crippen LogP contribution in [0, 0.1) is 22.9 Å². The number of carbonyl (C=O) groups excluding carboxylic acids is 2. The monoisotopic (exact) mass is 417 g/mol. The van der Waals surface area contributed by atoms with Crippen molar-refractivity contribution in [1.82, 2.24) is 4.57 Å². The van der Waals surface area contributed by atoms with Crippen LogP contribution in [0.4, 0.5) is 10.1 Å². The highest BCUT2D eigenvalue weighted by Crippen LogP contribution is 2.22. The molecule has 3 aromatic rings. The van der Waals surface area contributed by atoms with Crippen LogP contribution in [0.2, 0.25) is 0 Å². The van der Waals surface area contributed by atoms with Gasteiger partial charge in [0.15, 0.2) is 4.80 Å². The minimum absolute atomic E-state index is 0.0746. The van der Waals surface area contributed by atoms with Crippen molar-refractivity contribution in [1.29, 1.82) is 0 Å². The quantitative estimate of drug-likeness (QED) is 0.360. The van der Waals surface area contributed by atoms with Crippen molar-refractivity contribution in [2.24, 2.45) is 4.99 Å². The first kappa shape index (κ1) is 20.3. The highest BCUT2D eigenvalue weighted by molar-refractivity contribution is 7.16. The number of nitrogens with zero attached hydrogens (tertiary/aromatic N) is 3. The van der Waals surface area contributed by atoms with E-state index in [0.717, 1.165) is 11.3 Å². The number of thiazole rings is 1. The number of halogens is 1. The standard InChI is InChI=1S/C19H16FN3O5S/c1-3-28-17(24)10-22-15-8-7-12(20)9-16(15)29-19(22)21-18(25)13-5-4-6-14(11(13)2)23(26)27/h4-9H,3,10H2,1-2H3. The summed E-state index contributed by atoms with van der Waals surface area (Å²) in [5, 5.41) is 11.1. The highest BCUT2D eigenvalue weighted by atomic mass is 32.1. The maximum atomic E-state index is 13.6. The Kier molecular flexibility index (Phi) is 5.83. The molecule has 10 heteroatoms. The lowest BCUT2D eigenvalue weighted by atomic mass is 10.1. The van der Waals surface area contributed by atoms with Crippen LogP contribution in [0.1, 0.15) is 22.8 Å². The van der Waals surface area contributed by atoms with Gasteiger partial charge in [-0.3, -0.25) is 19.7 Å². The topological polar surface area (TPSA) is 104 Å². The first-order valence-electron chi connectivity index (χ1n) is 8.59. The third kappa shape index (κ3) is 4.21. The molecular formula is C19H16FN3O5S. The molecule has 2 aromatic carbocycles. The van der Waals surface area contributed by atoms with Crippen molar-refractivity contribution in [2.45, 2.75) is 20.4 Å². The normalized spacial score (nSPS) is 11.6. The van der Waals surface area contributed by atoms with Gasteiger partial charge in [0.05, 0.1) is 27.3 Å². The zero-order valence-electron chi connectivity index (χ0n) is 15.5. The zero-order chi connectivity index (χ0) is 21.1. The third-order valence-corrected chi connectivity index (χ3v) is 5.21. The summed E-state index contributed by atoms with van der Waals surface area (Å²) in [5.74, 6) is -1.69. The second-order valence-electron chi connectivity index (χ2n) is 6.01. The molecule has 0 aliphatic heterocycles. The Bertz CT molecular complexity index is 1200.